The van der Waals surface area contributed by atoms with Gasteiger partial charge in [-0.2, -0.15) is 8.78 Å². The average Bonchev–Trinajstić information content (AvgIpc) is 3.02. The molecule has 130 valence electrons. The molecule has 1 amide bonds. The minimum Gasteiger partial charge on any atom is -0.434 e. The molecule has 24 heavy (non-hydrogen) atoms. The highest BCUT2D eigenvalue weighted by Crippen LogP contribution is 2.28. The zero-order valence-corrected chi connectivity index (χ0v) is 14.0. The molecule has 1 aromatic heterocycles. The Bertz CT molecular complexity index is 679. The van der Waals surface area contributed by atoms with Crippen molar-refractivity contribution in [3.8, 4) is 5.75 Å². The normalized spacial score (nSPS) is 12.2. The van der Waals surface area contributed by atoms with E-state index in [0.29, 0.717) is 30.6 Å². The number of para-hydroxylation sites is 1. The third-order valence-corrected chi connectivity index (χ3v) is 4.28. The number of aromatic nitrogens is 1. The first kappa shape index (κ1) is 18.3. The number of benzene rings is 1. The lowest BCUT2D eigenvalue weighted by Gasteiger charge is -2.20. The van der Waals surface area contributed by atoms with E-state index < -0.39 is 12.7 Å². The Balaban J connectivity index is 2.15. The fourth-order valence-electron chi connectivity index (χ4n) is 2.26. The quantitative estimate of drug-likeness (QED) is 0.763. The van der Waals surface area contributed by atoms with E-state index >= 15 is 0 Å². The Hall–Kier alpha value is -2.06. The Morgan fingerprint density at radius 1 is 1.42 bits per heavy atom. The highest BCUT2D eigenvalue weighted by atomic mass is 32.1. The lowest BCUT2D eigenvalue weighted by molar-refractivity contribution is -0.0506. The van der Waals surface area contributed by atoms with E-state index in [1.54, 1.807) is 23.6 Å². The molecular formula is C16H19F2N3O2S. The van der Waals surface area contributed by atoms with E-state index in [1.807, 2.05) is 6.92 Å². The summed E-state index contributed by atoms with van der Waals surface area (Å²) >= 11 is 1.37. The Morgan fingerprint density at radius 3 is 2.83 bits per heavy atom. The van der Waals surface area contributed by atoms with Crippen molar-refractivity contribution in [2.45, 2.75) is 32.4 Å². The van der Waals surface area contributed by atoms with Gasteiger partial charge in [0.05, 0.1) is 11.0 Å². The summed E-state index contributed by atoms with van der Waals surface area (Å²) in [5, 5.41) is 5.27. The molecule has 0 fully saturated rings. The maximum atomic E-state index is 12.5. The topological polar surface area (TPSA) is 77.2 Å². The molecule has 0 aliphatic carbocycles. The molecule has 0 aliphatic heterocycles. The SMILES string of the molecule is CCC(NC(=O)c1csc(CCN)n1)c1ccccc1OC(F)F. The van der Waals surface area contributed by atoms with Gasteiger partial charge in [-0.3, -0.25) is 4.79 Å². The molecule has 0 spiro atoms. The van der Waals surface area contributed by atoms with Crippen molar-refractivity contribution in [3.63, 3.8) is 0 Å². The maximum absolute atomic E-state index is 12.5. The number of carbonyl (C=O) groups excluding carboxylic acids is 1. The molecule has 1 unspecified atom stereocenters. The van der Waals surface area contributed by atoms with Crippen LogP contribution in [-0.2, 0) is 6.42 Å². The number of hydrogen-bond donors (Lipinski definition) is 2. The second-order valence-corrected chi connectivity index (χ2v) is 5.96. The van der Waals surface area contributed by atoms with Crippen LogP contribution in [0.3, 0.4) is 0 Å². The van der Waals surface area contributed by atoms with Crippen LogP contribution in [0.5, 0.6) is 5.75 Å². The van der Waals surface area contributed by atoms with Crippen molar-refractivity contribution < 1.29 is 18.3 Å². The number of nitrogens with zero attached hydrogens (tertiary/aromatic N) is 1. The van der Waals surface area contributed by atoms with Gasteiger partial charge in [0.25, 0.3) is 5.91 Å². The molecule has 2 rings (SSSR count). The highest BCUT2D eigenvalue weighted by molar-refractivity contribution is 7.09. The fourth-order valence-corrected chi connectivity index (χ4v) is 3.05. The summed E-state index contributed by atoms with van der Waals surface area (Å²) in [7, 11) is 0. The zero-order valence-electron chi connectivity index (χ0n) is 13.2. The molecule has 8 heteroatoms. The number of hydrogen-bond acceptors (Lipinski definition) is 5. The number of alkyl halides is 2. The molecule has 1 aromatic carbocycles. The summed E-state index contributed by atoms with van der Waals surface area (Å²) in [4.78, 5) is 16.6. The van der Waals surface area contributed by atoms with Crippen LogP contribution in [0.25, 0.3) is 0 Å². The van der Waals surface area contributed by atoms with E-state index in [4.69, 9.17) is 5.73 Å². The van der Waals surface area contributed by atoms with E-state index in [9.17, 15) is 13.6 Å². The first-order valence-electron chi connectivity index (χ1n) is 7.54. The molecular weight excluding hydrogens is 336 g/mol. The fraction of sp³-hybridized carbons (Fsp3) is 0.375. The van der Waals surface area contributed by atoms with Crippen LogP contribution in [0, 0.1) is 0 Å². The van der Waals surface area contributed by atoms with Crippen LogP contribution in [0.15, 0.2) is 29.6 Å². The smallest absolute Gasteiger partial charge is 0.387 e. The van der Waals surface area contributed by atoms with Gasteiger partial charge in [-0.15, -0.1) is 11.3 Å². The van der Waals surface area contributed by atoms with Gasteiger partial charge in [-0.05, 0) is 19.0 Å². The van der Waals surface area contributed by atoms with Gasteiger partial charge in [-0.25, -0.2) is 4.98 Å². The lowest BCUT2D eigenvalue weighted by atomic mass is 10.0. The van der Waals surface area contributed by atoms with E-state index in [1.165, 1.54) is 17.4 Å². The van der Waals surface area contributed by atoms with Crippen molar-refractivity contribution in [1.29, 1.82) is 0 Å². The second kappa shape index (κ2) is 8.70. The van der Waals surface area contributed by atoms with E-state index in [-0.39, 0.29) is 11.7 Å². The summed E-state index contributed by atoms with van der Waals surface area (Å²) in [5.41, 5.74) is 6.28. The number of halogens is 2. The van der Waals surface area contributed by atoms with Crippen LogP contribution in [0.4, 0.5) is 8.78 Å². The minimum atomic E-state index is -2.92. The summed E-state index contributed by atoms with van der Waals surface area (Å²) in [6.45, 7) is -0.605. The zero-order chi connectivity index (χ0) is 17.5. The van der Waals surface area contributed by atoms with Crippen LogP contribution in [0.2, 0.25) is 0 Å². The minimum absolute atomic E-state index is 0.0572. The van der Waals surface area contributed by atoms with Gasteiger partial charge < -0.3 is 15.8 Å². The highest BCUT2D eigenvalue weighted by Gasteiger charge is 2.20. The second-order valence-electron chi connectivity index (χ2n) is 5.02. The molecule has 0 aliphatic rings. The molecule has 0 bridgehead atoms. The van der Waals surface area contributed by atoms with Gasteiger partial charge in [0, 0.05) is 17.4 Å². The first-order chi connectivity index (χ1) is 11.5. The molecule has 3 N–H and O–H groups in total. The molecule has 0 saturated carbocycles. The number of thiazole rings is 1. The Labute approximate surface area is 142 Å². The van der Waals surface area contributed by atoms with Crippen LogP contribution in [0.1, 0.15) is 40.4 Å². The molecule has 0 radical (unpaired) electrons. The van der Waals surface area contributed by atoms with Crippen molar-refractivity contribution in [3.05, 3.63) is 45.9 Å². The third kappa shape index (κ3) is 4.72. The number of ether oxygens (including phenoxy) is 1. The number of nitrogens with one attached hydrogen (secondary N) is 1. The van der Waals surface area contributed by atoms with Crippen molar-refractivity contribution >= 4 is 17.2 Å². The number of nitrogens with two attached hydrogens (primary N) is 1. The number of rotatable bonds is 8. The predicted molar refractivity (Wildman–Crippen MR) is 88.4 cm³/mol. The summed E-state index contributed by atoms with van der Waals surface area (Å²) in [6.07, 6.45) is 1.13. The molecule has 0 saturated heterocycles. The molecule has 1 heterocycles. The van der Waals surface area contributed by atoms with Crippen LogP contribution >= 0.6 is 11.3 Å². The monoisotopic (exact) mass is 355 g/mol. The van der Waals surface area contributed by atoms with Crippen LogP contribution in [-0.4, -0.2) is 24.0 Å². The van der Waals surface area contributed by atoms with Gasteiger partial charge in [0.15, 0.2) is 0 Å². The summed E-state index contributed by atoms with van der Waals surface area (Å²) in [6, 6.07) is 5.98. The molecule has 2 aromatic rings. The summed E-state index contributed by atoms with van der Waals surface area (Å²) in [5.74, 6) is -0.296. The van der Waals surface area contributed by atoms with Crippen LogP contribution < -0.4 is 15.8 Å². The van der Waals surface area contributed by atoms with Gasteiger partial charge in [0.2, 0.25) is 0 Å². The molecule has 1 atom stereocenters. The largest absolute Gasteiger partial charge is 0.434 e. The standard InChI is InChI=1S/C16H19F2N3O2S/c1-2-11(10-5-3-4-6-13(10)23-16(17)18)21-15(22)12-9-24-14(20-12)7-8-19/h3-6,9,11,16H,2,7-8,19H2,1H3,(H,21,22). The third-order valence-electron chi connectivity index (χ3n) is 3.37. The average molecular weight is 355 g/mol. The predicted octanol–water partition coefficient (Wildman–Crippen LogP) is 3.13. The lowest BCUT2D eigenvalue weighted by Crippen LogP contribution is -2.29. The maximum Gasteiger partial charge on any atom is 0.387 e. The van der Waals surface area contributed by atoms with E-state index in [0.717, 1.165) is 5.01 Å². The number of amides is 1. The Kier molecular flexibility index (Phi) is 6.62. The van der Waals surface area contributed by atoms with Gasteiger partial charge in [-0.1, -0.05) is 25.1 Å². The Morgan fingerprint density at radius 2 is 2.17 bits per heavy atom. The van der Waals surface area contributed by atoms with Gasteiger partial charge >= 0.3 is 6.61 Å². The van der Waals surface area contributed by atoms with E-state index in [2.05, 4.69) is 15.0 Å². The van der Waals surface area contributed by atoms with Crippen molar-refractivity contribution in [1.82, 2.24) is 10.3 Å². The number of carbonyl (C=O) groups is 1. The van der Waals surface area contributed by atoms with Crippen molar-refractivity contribution in [2.75, 3.05) is 6.54 Å². The van der Waals surface area contributed by atoms with Gasteiger partial charge in [0.1, 0.15) is 11.4 Å². The van der Waals surface area contributed by atoms with Crippen molar-refractivity contribution in [2.24, 2.45) is 5.73 Å². The molecule has 5 nitrogen and oxygen atoms in total. The first-order valence-corrected chi connectivity index (χ1v) is 8.42. The summed E-state index contributed by atoms with van der Waals surface area (Å²) < 4.78 is 29.6.